The first-order valence-electron chi connectivity index (χ1n) is 8.69. The fourth-order valence-electron chi connectivity index (χ4n) is 4.00. The molecule has 0 heterocycles. The van der Waals surface area contributed by atoms with Gasteiger partial charge in [-0.3, -0.25) is 0 Å². The van der Waals surface area contributed by atoms with Crippen LogP contribution in [0.5, 0.6) is 11.5 Å². The van der Waals surface area contributed by atoms with Crippen molar-refractivity contribution in [3.8, 4) is 17.6 Å². The van der Waals surface area contributed by atoms with Crippen LogP contribution >= 0.6 is 0 Å². The molecule has 2 N–H and O–H groups in total. The molecule has 1 aromatic carbocycles. The number of ether oxygens (including phenoxy) is 2. The molecule has 2 aliphatic rings. The van der Waals surface area contributed by atoms with Crippen LogP contribution in [0.1, 0.15) is 56.9 Å². The Morgan fingerprint density at radius 1 is 1.17 bits per heavy atom. The van der Waals surface area contributed by atoms with Crippen molar-refractivity contribution in [3.05, 3.63) is 23.8 Å². The topological polar surface area (TPSA) is 68.3 Å². The Labute approximate surface area is 138 Å². The molecule has 2 fully saturated rings. The van der Waals surface area contributed by atoms with Gasteiger partial charge in [0.15, 0.2) is 11.5 Å². The third-order valence-corrected chi connectivity index (χ3v) is 5.32. The van der Waals surface area contributed by atoms with Crippen molar-refractivity contribution in [1.29, 1.82) is 5.26 Å². The number of benzene rings is 1. The third kappa shape index (κ3) is 3.30. The first kappa shape index (κ1) is 16.1. The van der Waals surface area contributed by atoms with Crippen LogP contribution in [-0.2, 0) is 5.41 Å². The highest BCUT2D eigenvalue weighted by Crippen LogP contribution is 2.42. The zero-order valence-corrected chi connectivity index (χ0v) is 13.9. The van der Waals surface area contributed by atoms with Gasteiger partial charge in [0.05, 0.1) is 24.7 Å². The average Bonchev–Trinajstić information content (AvgIpc) is 3.07. The summed E-state index contributed by atoms with van der Waals surface area (Å²) in [5.41, 5.74) is 6.67. The van der Waals surface area contributed by atoms with Crippen LogP contribution in [0, 0.1) is 11.3 Å². The lowest BCUT2D eigenvalue weighted by Gasteiger charge is -2.35. The first-order valence-corrected chi connectivity index (χ1v) is 8.69. The monoisotopic (exact) mass is 314 g/mol. The lowest BCUT2D eigenvalue weighted by atomic mass is 9.69. The highest BCUT2D eigenvalue weighted by molar-refractivity contribution is 5.47. The van der Waals surface area contributed by atoms with Gasteiger partial charge in [-0.05, 0) is 69.1 Å². The van der Waals surface area contributed by atoms with Crippen molar-refractivity contribution >= 4 is 0 Å². The predicted molar refractivity (Wildman–Crippen MR) is 89.6 cm³/mol. The summed E-state index contributed by atoms with van der Waals surface area (Å²) in [6.45, 7) is 0. The van der Waals surface area contributed by atoms with Gasteiger partial charge >= 0.3 is 0 Å². The molecule has 0 saturated heterocycles. The molecular weight excluding hydrogens is 288 g/mol. The molecule has 0 bridgehead atoms. The van der Waals surface area contributed by atoms with E-state index < -0.39 is 5.41 Å². The molecule has 4 heteroatoms. The van der Waals surface area contributed by atoms with Gasteiger partial charge in [-0.25, -0.2) is 0 Å². The van der Waals surface area contributed by atoms with Gasteiger partial charge in [0.25, 0.3) is 0 Å². The molecule has 1 aromatic rings. The second-order valence-electron chi connectivity index (χ2n) is 6.94. The summed E-state index contributed by atoms with van der Waals surface area (Å²) in [4.78, 5) is 0. The lowest BCUT2D eigenvalue weighted by Crippen LogP contribution is -2.38. The Hall–Kier alpha value is -1.73. The van der Waals surface area contributed by atoms with E-state index in [1.54, 1.807) is 7.11 Å². The van der Waals surface area contributed by atoms with Crippen LogP contribution in [0.4, 0.5) is 0 Å². The molecule has 0 amide bonds. The number of methoxy groups -OCH3 is 1. The van der Waals surface area contributed by atoms with E-state index >= 15 is 0 Å². The second kappa shape index (κ2) is 6.80. The standard InChI is InChI=1S/C19H26N2O2/c1-22-17-9-8-14(11-18(17)23-16-6-2-3-7-16)19(13-20)10-4-5-15(21)12-19/h8-9,11,15-16H,2-7,10,12,21H2,1H3. The number of hydrogen-bond donors (Lipinski definition) is 1. The summed E-state index contributed by atoms with van der Waals surface area (Å²) in [5.74, 6) is 1.51. The Morgan fingerprint density at radius 3 is 2.61 bits per heavy atom. The molecular formula is C19H26N2O2. The minimum absolute atomic E-state index is 0.102. The van der Waals surface area contributed by atoms with Crippen LogP contribution in [0.15, 0.2) is 18.2 Å². The third-order valence-electron chi connectivity index (χ3n) is 5.32. The Kier molecular flexibility index (Phi) is 4.77. The van der Waals surface area contributed by atoms with Crippen LogP contribution in [0.25, 0.3) is 0 Å². The van der Waals surface area contributed by atoms with Crippen molar-refractivity contribution in [3.63, 3.8) is 0 Å². The average molecular weight is 314 g/mol. The number of hydrogen-bond acceptors (Lipinski definition) is 4. The van der Waals surface area contributed by atoms with E-state index in [4.69, 9.17) is 15.2 Å². The van der Waals surface area contributed by atoms with Crippen LogP contribution in [0.2, 0.25) is 0 Å². The van der Waals surface area contributed by atoms with E-state index in [0.29, 0.717) is 0 Å². The van der Waals surface area contributed by atoms with E-state index in [2.05, 4.69) is 6.07 Å². The molecule has 2 aliphatic carbocycles. The molecule has 4 nitrogen and oxygen atoms in total. The predicted octanol–water partition coefficient (Wildman–Crippen LogP) is 3.68. The normalized spacial score (nSPS) is 28.3. The summed E-state index contributed by atoms with van der Waals surface area (Å²) < 4.78 is 11.6. The molecule has 0 aliphatic heterocycles. The van der Waals surface area contributed by atoms with E-state index in [9.17, 15) is 5.26 Å². The smallest absolute Gasteiger partial charge is 0.161 e. The summed E-state index contributed by atoms with van der Waals surface area (Å²) in [6, 6.07) is 8.59. The number of rotatable bonds is 4. The highest BCUT2D eigenvalue weighted by atomic mass is 16.5. The van der Waals surface area contributed by atoms with Gasteiger partial charge in [-0.2, -0.15) is 5.26 Å². The van der Waals surface area contributed by atoms with E-state index in [-0.39, 0.29) is 12.1 Å². The second-order valence-corrected chi connectivity index (χ2v) is 6.94. The van der Waals surface area contributed by atoms with E-state index in [1.165, 1.54) is 12.8 Å². The van der Waals surface area contributed by atoms with E-state index in [0.717, 1.165) is 55.6 Å². The minimum Gasteiger partial charge on any atom is -0.493 e. The van der Waals surface area contributed by atoms with Crippen LogP contribution < -0.4 is 15.2 Å². The summed E-state index contributed by atoms with van der Waals surface area (Å²) in [5, 5.41) is 9.84. The molecule has 124 valence electrons. The van der Waals surface area contributed by atoms with Crippen LogP contribution in [0.3, 0.4) is 0 Å². The van der Waals surface area contributed by atoms with Gasteiger partial charge < -0.3 is 15.2 Å². The quantitative estimate of drug-likeness (QED) is 0.920. The van der Waals surface area contributed by atoms with Crippen LogP contribution in [-0.4, -0.2) is 19.3 Å². The van der Waals surface area contributed by atoms with E-state index in [1.807, 2.05) is 18.2 Å². The SMILES string of the molecule is COc1ccc(C2(C#N)CCCC(N)C2)cc1OC1CCCC1. The van der Waals surface area contributed by atoms with Crippen molar-refractivity contribution < 1.29 is 9.47 Å². The Balaban J connectivity index is 1.91. The lowest BCUT2D eigenvalue weighted by molar-refractivity contribution is 0.200. The highest BCUT2D eigenvalue weighted by Gasteiger charge is 2.37. The molecule has 2 saturated carbocycles. The Bertz CT molecular complexity index is 590. The fraction of sp³-hybridized carbons (Fsp3) is 0.632. The van der Waals surface area contributed by atoms with Gasteiger partial charge in [0.1, 0.15) is 0 Å². The fourth-order valence-corrected chi connectivity index (χ4v) is 4.00. The van der Waals surface area contributed by atoms with Gasteiger partial charge in [0.2, 0.25) is 0 Å². The molecule has 0 radical (unpaired) electrons. The number of nitriles is 1. The minimum atomic E-state index is -0.488. The van der Waals surface area contributed by atoms with Gasteiger partial charge in [0, 0.05) is 6.04 Å². The molecule has 2 unspecified atom stereocenters. The molecule has 0 aromatic heterocycles. The number of nitrogens with zero attached hydrogens (tertiary/aromatic N) is 1. The first-order chi connectivity index (χ1) is 11.2. The maximum Gasteiger partial charge on any atom is 0.161 e. The summed E-state index contributed by atoms with van der Waals surface area (Å²) in [6.07, 6.45) is 8.51. The zero-order valence-electron chi connectivity index (χ0n) is 13.9. The maximum atomic E-state index is 9.84. The summed E-state index contributed by atoms with van der Waals surface area (Å²) >= 11 is 0. The molecule has 23 heavy (non-hydrogen) atoms. The van der Waals surface area contributed by atoms with Crippen molar-refractivity contribution in [2.24, 2.45) is 5.73 Å². The Morgan fingerprint density at radius 2 is 1.96 bits per heavy atom. The number of nitrogens with two attached hydrogens (primary N) is 1. The molecule has 3 rings (SSSR count). The van der Waals surface area contributed by atoms with Gasteiger partial charge in [-0.1, -0.05) is 6.07 Å². The molecule has 2 atom stereocenters. The largest absolute Gasteiger partial charge is 0.493 e. The van der Waals surface area contributed by atoms with Crippen molar-refractivity contribution in [2.45, 2.75) is 68.9 Å². The summed E-state index contributed by atoms with van der Waals surface area (Å²) in [7, 11) is 1.66. The van der Waals surface area contributed by atoms with Gasteiger partial charge in [-0.15, -0.1) is 0 Å². The molecule has 0 spiro atoms. The zero-order chi connectivity index (χ0) is 16.3. The maximum absolute atomic E-state index is 9.84. The van der Waals surface area contributed by atoms with Crippen molar-refractivity contribution in [2.75, 3.05) is 7.11 Å². The van der Waals surface area contributed by atoms with Crippen molar-refractivity contribution in [1.82, 2.24) is 0 Å².